The van der Waals surface area contributed by atoms with Crippen LogP contribution in [0.1, 0.15) is 34.1 Å². The molecule has 2 aliphatic rings. The molecule has 1 aliphatic heterocycles. The summed E-state index contributed by atoms with van der Waals surface area (Å²) in [6, 6.07) is 0. The van der Waals surface area contributed by atoms with Crippen LogP contribution in [0, 0.1) is 0 Å². The molecule has 0 atom stereocenters. The first-order chi connectivity index (χ1) is 11.2. The molecule has 23 heavy (non-hydrogen) atoms. The summed E-state index contributed by atoms with van der Waals surface area (Å²) in [5.74, 6) is -0.411. The average Bonchev–Trinajstić information content (AvgIpc) is 3.08. The van der Waals surface area contributed by atoms with Gasteiger partial charge in [0.25, 0.3) is 0 Å². The number of rotatable bonds is 5. The highest BCUT2D eigenvalue weighted by molar-refractivity contribution is 7.17. The zero-order valence-corrected chi connectivity index (χ0v) is 14.2. The van der Waals surface area contributed by atoms with Crippen molar-refractivity contribution in [3.63, 3.8) is 0 Å². The van der Waals surface area contributed by atoms with Crippen LogP contribution in [0.4, 0.5) is 5.00 Å². The Morgan fingerprint density at radius 1 is 1.30 bits per heavy atom. The van der Waals surface area contributed by atoms with Crippen molar-refractivity contribution in [2.45, 2.75) is 26.2 Å². The highest BCUT2D eigenvalue weighted by atomic mass is 32.1. The van der Waals surface area contributed by atoms with Crippen molar-refractivity contribution in [2.24, 2.45) is 0 Å². The second-order valence-corrected chi connectivity index (χ2v) is 6.82. The predicted molar refractivity (Wildman–Crippen MR) is 88.2 cm³/mol. The molecule has 0 bridgehead atoms. The summed E-state index contributed by atoms with van der Waals surface area (Å²) in [6.07, 6.45) is 2.93. The number of esters is 1. The van der Waals surface area contributed by atoms with Crippen molar-refractivity contribution in [1.82, 2.24) is 4.90 Å². The van der Waals surface area contributed by atoms with Gasteiger partial charge in [0.1, 0.15) is 5.00 Å². The lowest BCUT2D eigenvalue weighted by Gasteiger charge is -2.25. The highest BCUT2D eigenvalue weighted by Crippen LogP contribution is 2.39. The summed E-state index contributed by atoms with van der Waals surface area (Å²) < 4.78 is 10.5. The van der Waals surface area contributed by atoms with Crippen molar-refractivity contribution in [3.8, 4) is 0 Å². The average molecular weight is 338 g/mol. The zero-order valence-electron chi connectivity index (χ0n) is 13.4. The Morgan fingerprint density at radius 3 is 2.83 bits per heavy atom. The number of carbonyl (C=O) groups excluding carboxylic acids is 2. The lowest BCUT2D eigenvalue weighted by atomic mass is 10.1. The number of thiophene rings is 1. The standard InChI is InChI=1S/C16H22N2O4S/c1-2-22-16(20)14-11-4-3-5-12(11)23-15(14)17-13(19)10-18-6-8-21-9-7-18/h2-10H2,1H3,(H,17,19). The zero-order chi connectivity index (χ0) is 16.2. The Morgan fingerprint density at radius 2 is 2.09 bits per heavy atom. The van der Waals surface area contributed by atoms with Crippen molar-refractivity contribution in [1.29, 1.82) is 0 Å². The van der Waals surface area contributed by atoms with Gasteiger partial charge >= 0.3 is 5.97 Å². The third kappa shape index (κ3) is 3.73. The molecule has 1 N–H and O–H groups in total. The molecule has 1 fully saturated rings. The highest BCUT2D eigenvalue weighted by Gasteiger charge is 2.28. The van der Waals surface area contributed by atoms with E-state index in [1.54, 1.807) is 6.92 Å². The van der Waals surface area contributed by atoms with Crippen LogP contribution in [-0.4, -0.2) is 56.2 Å². The van der Waals surface area contributed by atoms with Gasteiger partial charge in [0.05, 0.1) is 31.9 Å². The minimum Gasteiger partial charge on any atom is -0.462 e. The Hall–Kier alpha value is -1.44. The molecule has 3 rings (SSSR count). The van der Waals surface area contributed by atoms with Gasteiger partial charge in [-0.15, -0.1) is 11.3 Å². The number of hydrogen-bond donors (Lipinski definition) is 1. The van der Waals surface area contributed by atoms with Crippen LogP contribution < -0.4 is 5.32 Å². The normalized spacial score (nSPS) is 17.8. The first-order valence-electron chi connectivity index (χ1n) is 8.10. The summed E-state index contributed by atoms with van der Waals surface area (Å²) in [5.41, 5.74) is 1.63. The van der Waals surface area contributed by atoms with Crippen molar-refractivity contribution in [3.05, 3.63) is 16.0 Å². The number of carbonyl (C=O) groups is 2. The van der Waals surface area contributed by atoms with E-state index in [4.69, 9.17) is 9.47 Å². The maximum Gasteiger partial charge on any atom is 0.341 e. The topological polar surface area (TPSA) is 67.9 Å². The molecule has 1 saturated heterocycles. The van der Waals surface area contributed by atoms with Crippen LogP contribution >= 0.6 is 11.3 Å². The number of fused-ring (bicyclic) bond motifs is 1. The molecule has 1 amide bonds. The van der Waals surface area contributed by atoms with Crippen LogP contribution in [0.15, 0.2) is 0 Å². The van der Waals surface area contributed by atoms with E-state index in [-0.39, 0.29) is 11.9 Å². The summed E-state index contributed by atoms with van der Waals surface area (Å²) in [4.78, 5) is 27.8. The number of nitrogens with one attached hydrogen (secondary N) is 1. The van der Waals surface area contributed by atoms with Crippen molar-refractivity contribution >= 4 is 28.2 Å². The number of nitrogens with zero attached hydrogens (tertiary/aromatic N) is 1. The molecular weight excluding hydrogens is 316 g/mol. The fourth-order valence-corrected chi connectivity index (χ4v) is 4.33. The quantitative estimate of drug-likeness (QED) is 0.828. The second kappa shape index (κ2) is 7.42. The van der Waals surface area contributed by atoms with Gasteiger partial charge in [0.2, 0.25) is 5.91 Å². The van der Waals surface area contributed by atoms with E-state index in [0.717, 1.165) is 37.9 Å². The fraction of sp³-hybridized carbons (Fsp3) is 0.625. The molecule has 0 aromatic carbocycles. The summed E-state index contributed by atoms with van der Waals surface area (Å²) in [7, 11) is 0. The van der Waals surface area contributed by atoms with Crippen molar-refractivity contribution in [2.75, 3.05) is 44.8 Å². The van der Waals surface area contributed by atoms with Crippen LogP contribution in [0.3, 0.4) is 0 Å². The van der Waals surface area contributed by atoms with E-state index in [0.29, 0.717) is 36.9 Å². The molecule has 7 heteroatoms. The molecule has 2 heterocycles. The van der Waals surface area contributed by atoms with Gasteiger partial charge in [-0.25, -0.2) is 4.79 Å². The Balaban J connectivity index is 1.71. The molecule has 0 spiro atoms. The number of aryl methyl sites for hydroxylation is 1. The van der Waals surface area contributed by atoms with E-state index >= 15 is 0 Å². The third-order valence-corrected chi connectivity index (χ3v) is 5.33. The van der Waals surface area contributed by atoms with E-state index in [1.807, 2.05) is 0 Å². The lowest BCUT2D eigenvalue weighted by molar-refractivity contribution is -0.118. The number of amides is 1. The monoisotopic (exact) mass is 338 g/mol. The second-order valence-electron chi connectivity index (χ2n) is 5.72. The number of ether oxygens (including phenoxy) is 2. The number of morpholine rings is 1. The van der Waals surface area contributed by atoms with E-state index in [2.05, 4.69) is 10.2 Å². The minimum absolute atomic E-state index is 0.0858. The first-order valence-corrected chi connectivity index (χ1v) is 8.92. The molecule has 1 aromatic heterocycles. The van der Waals surface area contributed by atoms with E-state index in [1.165, 1.54) is 16.2 Å². The Bertz CT molecular complexity index is 593. The molecular formula is C16H22N2O4S. The molecule has 1 aliphatic carbocycles. The molecule has 0 saturated carbocycles. The lowest BCUT2D eigenvalue weighted by Crippen LogP contribution is -2.41. The molecule has 0 radical (unpaired) electrons. The largest absolute Gasteiger partial charge is 0.462 e. The van der Waals surface area contributed by atoms with Gasteiger partial charge in [-0.05, 0) is 31.7 Å². The Labute approximate surface area is 139 Å². The van der Waals surface area contributed by atoms with Gasteiger partial charge in [-0.1, -0.05) is 0 Å². The molecule has 0 unspecified atom stereocenters. The van der Waals surface area contributed by atoms with E-state index < -0.39 is 0 Å². The number of anilines is 1. The maximum absolute atomic E-state index is 12.3. The van der Waals surface area contributed by atoms with Gasteiger partial charge in [-0.2, -0.15) is 0 Å². The Kier molecular flexibility index (Phi) is 5.30. The maximum atomic E-state index is 12.3. The van der Waals surface area contributed by atoms with E-state index in [9.17, 15) is 9.59 Å². The smallest absolute Gasteiger partial charge is 0.341 e. The third-order valence-electron chi connectivity index (χ3n) is 4.12. The van der Waals surface area contributed by atoms with Gasteiger partial charge in [-0.3, -0.25) is 9.69 Å². The predicted octanol–water partition coefficient (Wildman–Crippen LogP) is 1.68. The van der Waals surface area contributed by atoms with Crippen LogP contribution in [0.2, 0.25) is 0 Å². The SMILES string of the molecule is CCOC(=O)c1c(NC(=O)CN2CCOCC2)sc2c1CCC2. The fourth-order valence-electron chi connectivity index (χ4n) is 3.04. The molecule has 6 nitrogen and oxygen atoms in total. The van der Waals surface area contributed by atoms with Gasteiger partial charge < -0.3 is 14.8 Å². The van der Waals surface area contributed by atoms with Crippen molar-refractivity contribution < 1.29 is 19.1 Å². The summed E-state index contributed by atoms with van der Waals surface area (Å²) in [5, 5.41) is 3.57. The molecule has 126 valence electrons. The number of hydrogen-bond acceptors (Lipinski definition) is 6. The van der Waals surface area contributed by atoms with Gasteiger partial charge in [0.15, 0.2) is 0 Å². The summed E-state index contributed by atoms with van der Waals surface area (Å²) in [6.45, 7) is 5.31. The molecule has 1 aromatic rings. The van der Waals surface area contributed by atoms with Gasteiger partial charge in [0, 0.05) is 18.0 Å². The first kappa shape index (κ1) is 16.4. The minimum atomic E-state index is -0.325. The van der Waals surface area contributed by atoms with Crippen LogP contribution in [0.25, 0.3) is 0 Å². The summed E-state index contributed by atoms with van der Waals surface area (Å²) >= 11 is 1.52. The van der Waals surface area contributed by atoms with Crippen LogP contribution in [0.5, 0.6) is 0 Å². The van der Waals surface area contributed by atoms with Crippen LogP contribution in [-0.2, 0) is 27.1 Å².